The minimum atomic E-state index is -5.72. The smallest absolute Gasteiger partial charge is 0.284 e. The molecule has 0 amide bonds. The minimum absolute atomic E-state index is 0.00269. The van der Waals surface area contributed by atoms with Crippen LogP contribution < -0.4 is 5.56 Å². The van der Waals surface area contributed by atoms with Gasteiger partial charge in [-0.15, -0.1) is 0 Å². The van der Waals surface area contributed by atoms with E-state index in [9.17, 15) is 31.1 Å². The van der Waals surface area contributed by atoms with E-state index in [1.165, 1.54) is 30.8 Å². The Morgan fingerprint density at radius 1 is 1.08 bits per heavy atom. The number of hydrogen-bond acceptors (Lipinski definition) is 2. The van der Waals surface area contributed by atoms with Crippen molar-refractivity contribution in [2.75, 3.05) is 0 Å². The first-order valence-electron chi connectivity index (χ1n) is 6.58. The topological polar surface area (TPSA) is 26.9 Å². The second kappa shape index (κ2) is 6.23. The van der Waals surface area contributed by atoms with Crippen molar-refractivity contribution < 1.29 is 26.3 Å². The number of para-hydroxylation sites is 1. The van der Waals surface area contributed by atoms with Crippen LogP contribution >= 0.6 is 11.8 Å². The SMILES string of the molecule is Cc1c(SC(F)(F)[C@H](F)C(F)(F)F)c(=O)n(-c2ccccc2)n1C. The van der Waals surface area contributed by atoms with Crippen molar-refractivity contribution in [3.63, 3.8) is 0 Å². The summed E-state index contributed by atoms with van der Waals surface area (Å²) in [6, 6.07) is 7.94. The molecule has 1 heterocycles. The molecule has 3 nitrogen and oxygen atoms in total. The summed E-state index contributed by atoms with van der Waals surface area (Å²) >= 11 is -0.719. The predicted molar refractivity (Wildman–Crippen MR) is 77.5 cm³/mol. The summed E-state index contributed by atoms with van der Waals surface area (Å²) in [6.45, 7) is 1.29. The van der Waals surface area contributed by atoms with Gasteiger partial charge in [0.05, 0.1) is 11.4 Å². The highest BCUT2D eigenvalue weighted by Gasteiger charge is 2.58. The van der Waals surface area contributed by atoms with Gasteiger partial charge in [0.15, 0.2) is 0 Å². The lowest BCUT2D eigenvalue weighted by Gasteiger charge is -2.21. The van der Waals surface area contributed by atoms with E-state index in [0.29, 0.717) is 5.69 Å². The van der Waals surface area contributed by atoms with E-state index in [1.54, 1.807) is 18.2 Å². The summed E-state index contributed by atoms with van der Waals surface area (Å²) in [5.74, 6) is 0. The van der Waals surface area contributed by atoms with Crippen LogP contribution in [-0.2, 0) is 7.05 Å². The lowest BCUT2D eigenvalue weighted by Crippen LogP contribution is -2.39. The molecule has 0 fully saturated rings. The number of alkyl halides is 6. The number of hydrogen-bond donors (Lipinski definition) is 0. The van der Waals surface area contributed by atoms with Crippen molar-refractivity contribution >= 4 is 11.8 Å². The summed E-state index contributed by atoms with van der Waals surface area (Å²) in [5, 5.41) is -4.82. The largest absolute Gasteiger partial charge is 0.426 e. The van der Waals surface area contributed by atoms with Gasteiger partial charge < -0.3 is 0 Å². The second-order valence-electron chi connectivity index (χ2n) is 4.96. The molecule has 0 aliphatic rings. The van der Waals surface area contributed by atoms with Crippen LogP contribution in [0.1, 0.15) is 5.69 Å². The molecule has 2 rings (SSSR count). The fraction of sp³-hybridized carbons (Fsp3) is 0.357. The Hall–Kier alpha value is -1.84. The third-order valence-corrected chi connectivity index (χ3v) is 4.48. The predicted octanol–water partition coefficient (Wildman–Crippen LogP) is 4.07. The zero-order chi connectivity index (χ0) is 18.3. The van der Waals surface area contributed by atoms with Gasteiger partial charge in [-0.05, 0) is 30.8 Å². The third kappa shape index (κ3) is 3.33. The zero-order valence-corrected chi connectivity index (χ0v) is 13.3. The van der Waals surface area contributed by atoms with Gasteiger partial charge in [-0.2, -0.15) is 22.0 Å². The second-order valence-corrected chi connectivity index (χ2v) is 6.12. The molecule has 2 aromatic rings. The van der Waals surface area contributed by atoms with Gasteiger partial charge in [0.1, 0.15) is 4.90 Å². The molecule has 0 N–H and O–H groups in total. The Bertz CT molecular complexity index is 781. The van der Waals surface area contributed by atoms with E-state index < -0.39 is 39.8 Å². The van der Waals surface area contributed by atoms with Crippen LogP contribution in [0.25, 0.3) is 5.69 Å². The normalized spacial score (nSPS) is 14.0. The van der Waals surface area contributed by atoms with Gasteiger partial charge in [0.25, 0.3) is 11.7 Å². The molecule has 0 aliphatic heterocycles. The molecule has 132 valence electrons. The fourth-order valence-corrected chi connectivity index (χ4v) is 3.00. The first-order valence-corrected chi connectivity index (χ1v) is 7.40. The van der Waals surface area contributed by atoms with E-state index in [-0.39, 0.29) is 5.69 Å². The van der Waals surface area contributed by atoms with Crippen molar-refractivity contribution in [1.82, 2.24) is 9.36 Å². The monoisotopic (exact) mass is 370 g/mol. The fourth-order valence-electron chi connectivity index (χ4n) is 2.04. The average Bonchev–Trinajstić information content (AvgIpc) is 2.70. The zero-order valence-electron chi connectivity index (χ0n) is 12.4. The van der Waals surface area contributed by atoms with Gasteiger partial charge >= 0.3 is 11.4 Å². The Kier molecular flexibility index (Phi) is 4.80. The Morgan fingerprint density at radius 3 is 2.12 bits per heavy atom. The number of rotatable bonds is 4. The first-order chi connectivity index (χ1) is 11.0. The average molecular weight is 370 g/mol. The van der Waals surface area contributed by atoms with Crippen LogP contribution in [0.15, 0.2) is 40.0 Å². The lowest BCUT2D eigenvalue weighted by atomic mass is 10.3. The molecular weight excluding hydrogens is 358 g/mol. The van der Waals surface area contributed by atoms with E-state index in [0.717, 1.165) is 4.68 Å². The number of aromatic nitrogens is 2. The quantitative estimate of drug-likeness (QED) is 0.599. The number of halogens is 6. The lowest BCUT2D eigenvalue weighted by molar-refractivity contribution is -0.219. The van der Waals surface area contributed by atoms with E-state index in [1.807, 2.05) is 0 Å². The minimum Gasteiger partial charge on any atom is -0.284 e. The van der Waals surface area contributed by atoms with Crippen molar-refractivity contribution in [2.24, 2.45) is 7.05 Å². The van der Waals surface area contributed by atoms with Crippen LogP contribution in [0.4, 0.5) is 26.3 Å². The molecular formula is C14H12F6N2OS. The van der Waals surface area contributed by atoms with Crippen molar-refractivity contribution in [1.29, 1.82) is 0 Å². The molecule has 10 heteroatoms. The molecule has 24 heavy (non-hydrogen) atoms. The van der Waals surface area contributed by atoms with Gasteiger partial charge in [-0.1, -0.05) is 18.2 Å². The van der Waals surface area contributed by atoms with Gasteiger partial charge in [0.2, 0.25) is 0 Å². The molecule has 0 radical (unpaired) electrons. The summed E-state index contributed by atoms with van der Waals surface area (Å²) in [5.41, 5.74) is -0.598. The van der Waals surface area contributed by atoms with Crippen LogP contribution in [0, 0.1) is 6.92 Å². The number of benzene rings is 1. The molecule has 0 saturated heterocycles. The number of nitrogens with zero attached hydrogens (tertiary/aromatic N) is 2. The van der Waals surface area contributed by atoms with E-state index in [2.05, 4.69) is 0 Å². The third-order valence-electron chi connectivity index (χ3n) is 3.32. The highest BCUT2D eigenvalue weighted by atomic mass is 32.2. The Morgan fingerprint density at radius 2 is 1.62 bits per heavy atom. The van der Waals surface area contributed by atoms with E-state index >= 15 is 0 Å². The molecule has 0 bridgehead atoms. The molecule has 1 aromatic heterocycles. The van der Waals surface area contributed by atoms with E-state index in [4.69, 9.17) is 0 Å². The van der Waals surface area contributed by atoms with Crippen LogP contribution in [0.3, 0.4) is 0 Å². The highest BCUT2D eigenvalue weighted by Crippen LogP contribution is 2.45. The summed E-state index contributed by atoms with van der Waals surface area (Å²) in [7, 11) is 1.39. The maximum Gasteiger partial charge on any atom is 0.426 e. The van der Waals surface area contributed by atoms with Crippen LogP contribution in [0.2, 0.25) is 0 Å². The maximum absolute atomic E-state index is 13.6. The standard InChI is InChI=1S/C14H12F6N2OS/c1-8-10(24-14(19,20)12(15)13(16,17)18)11(23)22(21(8)2)9-6-4-3-5-7-9/h3-7,12H,1-2H3/t12-/m1/s1. The van der Waals surface area contributed by atoms with Gasteiger partial charge in [-0.25, -0.2) is 9.07 Å². The van der Waals surface area contributed by atoms with Crippen molar-refractivity contribution in [3.05, 3.63) is 46.4 Å². The van der Waals surface area contributed by atoms with Crippen molar-refractivity contribution in [3.8, 4) is 5.69 Å². The maximum atomic E-state index is 13.6. The Balaban J connectivity index is 2.49. The van der Waals surface area contributed by atoms with Gasteiger partial charge in [0, 0.05) is 7.05 Å². The molecule has 0 unspecified atom stereocenters. The van der Waals surface area contributed by atoms with Crippen molar-refractivity contribution in [2.45, 2.75) is 29.4 Å². The molecule has 0 aliphatic carbocycles. The summed E-state index contributed by atoms with van der Waals surface area (Å²) < 4.78 is 79.2. The highest BCUT2D eigenvalue weighted by molar-refractivity contribution is 8.00. The van der Waals surface area contributed by atoms with Crippen LogP contribution in [0.5, 0.6) is 0 Å². The molecule has 0 saturated carbocycles. The summed E-state index contributed by atoms with van der Waals surface area (Å²) in [4.78, 5) is 11.7. The summed E-state index contributed by atoms with van der Waals surface area (Å²) in [6.07, 6.45) is -10.1. The molecule has 1 atom stereocenters. The van der Waals surface area contributed by atoms with Gasteiger partial charge in [-0.3, -0.25) is 9.48 Å². The number of thioether (sulfide) groups is 1. The molecule has 1 aromatic carbocycles. The Labute approximate surface area is 136 Å². The van der Waals surface area contributed by atoms with Crippen LogP contribution in [-0.4, -0.2) is 27.0 Å². The molecule has 0 spiro atoms. The first kappa shape index (κ1) is 18.5.